The molecule has 25 heavy (non-hydrogen) atoms. The van der Waals surface area contributed by atoms with Crippen molar-refractivity contribution in [1.82, 2.24) is 0 Å². The third kappa shape index (κ3) is 3.71. The van der Waals surface area contributed by atoms with E-state index < -0.39 is 0 Å². The molecular weight excluding hydrogens is 326 g/mol. The van der Waals surface area contributed by atoms with Gasteiger partial charge in [-0.3, -0.25) is 0 Å². The Morgan fingerprint density at radius 2 is 1.48 bits per heavy atom. The minimum Gasteiger partial charge on any atom is -0.367 e. The van der Waals surface area contributed by atoms with Gasteiger partial charge in [-0.1, -0.05) is 47.7 Å². The quantitative estimate of drug-likeness (QED) is 0.542. The van der Waals surface area contributed by atoms with E-state index in [0.29, 0.717) is 0 Å². The second-order valence-electron chi connectivity index (χ2n) is 6.25. The summed E-state index contributed by atoms with van der Waals surface area (Å²) in [5.41, 5.74) is 6.13. The Morgan fingerprint density at radius 1 is 0.760 bits per heavy atom. The Balaban J connectivity index is 1.57. The fourth-order valence-corrected chi connectivity index (χ4v) is 3.30. The Hall–Kier alpha value is -2.69. The zero-order valence-electron chi connectivity index (χ0n) is 13.9. The van der Waals surface area contributed by atoms with Crippen molar-refractivity contribution >= 4 is 17.3 Å². The first-order chi connectivity index (χ1) is 12.3. The van der Waals surface area contributed by atoms with E-state index in [4.69, 9.17) is 11.6 Å². The van der Waals surface area contributed by atoms with Gasteiger partial charge < -0.3 is 4.90 Å². The molecule has 0 aliphatic carbocycles. The molecule has 1 nitrogen and oxygen atoms in total. The van der Waals surface area contributed by atoms with Crippen molar-refractivity contribution in [2.45, 2.75) is 13.0 Å². The number of para-hydroxylation sites is 1. The monoisotopic (exact) mass is 343 g/mol. The first-order valence-corrected chi connectivity index (χ1v) is 8.85. The molecule has 0 saturated carbocycles. The molecule has 0 amide bonds. The highest BCUT2D eigenvalue weighted by atomic mass is 35.5. The highest BCUT2D eigenvalue weighted by Crippen LogP contribution is 2.25. The van der Waals surface area contributed by atoms with Crippen molar-refractivity contribution < 1.29 is 0 Å². The van der Waals surface area contributed by atoms with Crippen molar-refractivity contribution in [3.05, 3.63) is 100 Å². The van der Waals surface area contributed by atoms with Crippen LogP contribution in [0.2, 0.25) is 5.02 Å². The van der Waals surface area contributed by atoms with Crippen molar-refractivity contribution in [2.75, 3.05) is 11.4 Å². The molecule has 0 fully saturated rings. The lowest BCUT2D eigenvalue weighted by molar-refractivity contribution is 0.731. The normalized spacial score (nSPS) is 12.9. The van der Waals surface area contributed by atoms with E-state index in [1.54, 1.807) is 0 Å². The first-order valence-electron chi connectivity index (χ1n) is 8.47. The number of fused-ring (bicyclic) bond motifs is 1. The van der Waals surface area contributed by atoms with Crippen LogP contribution in [0.15, 0.2) is 72.8 Å². The molecule has 0 spiro atoms. The van der Waals surface area contributed by atoms with Gasteiger partial charge in [-0.25, -0.2) is 0 Å². The number of hydrogen-bond donors (Lipinski definition) is 0. The summed E-state index contributed by atoms with van der Waals surface area (Å²) in [6, 6.07) is 24.8. The second kappa shape index (κ2) is 7.05. The minimum absolute atomic E-state index is 0.736. The summed E-state index contributed by atoms with van der Waals surface area (Å²) in [7, 11) is 0. The molecule has 0 unspecified atom stereocenters. The Labute approximate surface area is 153 Å². The fraction of sp³-hybridized carbons (Fsp3) is 0.130. The zero-order valence-corrected chi connectivity index (χ0v) is 14.6. The van der Waals surface area contributed by atoms with E-state index in [2.05, 4.69) is 65.3 Å². The maximum atomic E-state index is 5.92. The molecule has 1 heterocycles. The maximum Gasteiger partial charge on any atom is 0.0432 e. The fourth-order valence-electron chi connectivity index (χ4n) is 3.17. The zero-order chi connectivity index (χ0) is 17.1. The average molecular weight is 344 g/mol. The topological polar surface area (TPSA) is 3.24 Å². The molecule has 0 aromatic heterocycles. The van der Waals surface area contributed by atoms with E-state index in [-0.39, 0.29) is 0 Å². The van der Waals surface area contributed by atoms with Crippen LogP contribution in [0.1, 0.15) is 22.3 Å². The molecule has 2 heteroatoms. The summed E-state index contributed by atoms with van der Waals surface area (Å²) in [6.07, 6.45) is 1.08. The smallest absolute Gasteiger partial charge is 0.0432 e. The summed E-state index contributed by atoms with van der Waals surface area (Å²) in [5, 5.41) is 0.736. The van der Waals surface area contributed by atoms with Gasteiger partial charge >= 0.3 is 0 Å². The number of halogens is 1. The van der Waals surface area contributed by atoms with Crippen LogP contribution in [0.25, 0.3) is 0 Å². The summed E-state index contributed by atoms with van der Waals surface area (Å²) in [6.45, 7) is 2.00. The molecule has 1 aliphatic rings. The number of hydrogen-bond acceptors (Lipinski definition) is 1. The molecule has 0 radical (unpaired) electrons. The lowest BCUT2D eigenvalue weighted by Crippen LogP contribution is -2.30. The molecule has 0 saturated heterocycles. The second-order valence-corrected chi connectivity index (χ2v) is 6.68. The molecule has 0 bridgehead atoms. The van der Waals surface area contributed by atoms with Crippen molar-refractivity contribution in [1.29, 1.82) is 0 Å². The van der Waals surface area contributed by atoms with Gasteiger partial charge in [-0.15, -0.1) is 0 Å². The van der Waals surface area contributed by atoms with Crippen LogP contribution in [0.5, 0.6) is 0 Å². The van der Waals surface area contributed by atoms with Gasteiger partial charge in [-0.05, 0) is 66.1 Å². The number of nitrogens with zero attached hydrogens (tertiary/aromatic N) is 1. The Bertz CT molecular complexity index is 933. The third-order valence-electron chi connectivity index (χ3n) is 4.54. The largest absolute Gasteiger partial charge is 0.367 e. The van der Waals surface area contributed by atoms with Crippen LogP contribution in [0.3, 0.4) is 0 Å². The van der Waals surface area contributed by atoms with Crippen LogP contribution in [-0.4, -0.2) is 6.54 Å². The summed E-state index contributed by atoms with van der Waals surface area (Å²) < 4.78 is 0. The number of rotatable bonds is 1. The Morgan fingerprint density at radius 3 is 2.28 bits per heavy atom. The molecule has 0 atom stereocenters. The minimum atomic E-state index is 0.736. The SMILES string of the molecule is Clc1ccc(C#Cc2ccc3c(c2)CN(c2ccccc2)CC3)cc1. The van der Waals surface area contributed by atoms with Crippen molar-refractivity contribution in [3.63, 3.8) is 0 Å². The van der Waals surface area contributed by atoms with Crippen molar-refractivity contribution in [3.8, 4) is 11.8 Å². The van der Waals surface area contributed by atoms with Gasteiger partial charge in [0.1, 0.15) is 0 Å². The summed E-state index contributed by atoms with van der Waals surface area (Å²) >= 11 is 5.92. The van der Waals surface area contributed by atoms with E-state index in [0.717, 1.165) is 35.7 Å². The maximum absolute atomic E-state index is 5.92. The van der Waals surface area contributed by atoms with Crippen LogP contribution in [0.4, 0.5) is 5.69 Å². The van der Waals surface area contributed by atoms with Gasteiger partial charge in [0, 0.05) is 34.9 Å². The molecule has 0 N–H and O–H groups in total. The lowest BCUT2D eigenvalue weighted by atomic mass is 9.97. The van der Waals surface area contributed by atoms with Crippen LogP contribution >= 0.6 is 11.6 Å². The van der Waals surface area contributed by atoms with E-state index >= 15 is 0 Å². The number of anilines is 1. The highest BCUT2D eigenvalue weighted by molar-refractivity contribution is 6.30. The van der Waals surface area contributed by atoms with E-state index in [1.165, 1.54) is 16.8 Å². The standard InChI is InChI=1S/C23H18ClN/c24-22-12-9-18(10-13-22)6-7-19-8-11-20-14-15-25(17-21(20)16-19)23-4-2-1-3-5-23/h1-5,8-13,16H,14-15,17H2. The van der Waals surface area contributed by atoms with Gasteiger partial charge in [-0.2, -0.15) is 0 Å². The van der Waals surface area contributed by atoms with Crippen molar-refractivity contribution in [2.24, 2.45) is 0 Å². The third-order valence-corrected chi connectivity index (χ3v) is 4.79. The molecular formula is C23H18ClN. The highest BCUT2D eigenvalue weighted by Gasteiger charge is 2.16. The van der Waals surface area contributed by atoms with Gasteiger partial charge in [0.25, 0.3) is 0 Å². The first kappa shape index (κ1) is 15.8. The van der Waals surface area contributed by atoms with Gasteiger partial charge in [0.2, 0.25) is 0 Å². The lowest BCUT2D eigenvalue weighted by Gasteiger charge is -2.30. The molecule has 3 aromatic rings. The Kier molecular flexibility index (Phi) is 4.46. The molecule has 4 rings (SSSR count). The average Bonchev–Trinajstić information content (AvgIpc) is 2.67. The number of benzene rings is 3. The van der Waals surface area contributed by atoms with Crippen LogP contribution in [0, 0.1) is 11.8 Å². The molecule has 3 aromatic carbocycles. The molecule has 122 valence electrons. The van der Waals surface area contributed by atoms with Crippen LogP contribution < -0.4 is 4.90 Å². The van der Waals surface area contributed by atoms with Gasteiger partial charge in [0.15, 0.2) is 0 Å². The summed E-state index contributed by atoms with van der Waals surface area (Å²) in [4.78, 5) is 2.43. The van der Waals surface area contributed by atoms with E-state index in [9.17, 15) is 0 Å². The predicted molar refractivity (Wildman–Crippen MR) is 105 cm³/mol. The molecule has 1 aliphatic heterocycles. The van der Waals surface area contributed by atoms with E-state index in [1.807, 2.05) is 24.3 Å². The van der Waals surface area contributed by atoms with Gasteiger partial charge in [0.05, 0.1) is 0 Å². The predicted octanol–water partition coefficient (Wildman–Crippen LogP) is 5.30. The summed E-state index contributed by atoms with van der Waals surface area (Å²) in [5.74, 6) is 6.49. The van der Waals surface area contributed by atoms with Crippen LogP contribution in [-0.2, 0) is 13.0 Å².